The SMILES string of the molecule is CNc1cc(F)c2c3c1[nH]c1nc(Oc4cnc(C)nc4)nc(c13)N1C[C@@H]3C[C@@H]([C@H]3N)[C@@H]1C2. The van der Waals surface area contributed by atoms with Crippen LogP contribution in [0.5, 0.6) is 11.8 Å². The summed E-state index contributed by atoms with van der Waals surface area (Å²) in [4.78, 5) is 23.6. The molecule has 168 valence electrons. The summed E-state index contributed by atoms with van der Waals surface area (Å²) in [5, 5.41) is 4.79. The van der Waals surface area contributed by atoms with Gasteiger partial charge in [-0.2, -0.15) is 9.97 Å². The molecule has 0 amide bonds. The van der Waals surface area contributed by atoms with Crippen molar-refractivity contribution in [3.05, 3.63) is 35.7 Å². The van der Waals surface area contributed by atoms with Crippen LogP contribution in [-0.4, -0.2) is 50.6 Å². The van der Waals surface area contributed by atoms with E-state index in [9.17, 15) is 0 Å². The van der Waals surface area contributed by atoms with Gasteiger partial charge in [-0.15, -0.1) is 0 Å². The molecule has 4 aliphatic rings. The van der Waals surface area contributed by atoms with Crippen LogP contribution in [0.2, 0.25) is 0 Å². The average Bonchev–Trinajstić information content (AvgIpc) is 3.12. The Kier molecular flexibility index (Phi) is 3.74. The summed E-state index contributed by atoms with van der Waals surface area (Å²) in [7, 11) is 1.79. The molecule has 1 aromatic carbocycles. The second kappa shape index (κ2) is 6.50. The van der Waals surface area contributed by atoms with E-state index in [-0.39, 0.29) is 23.9 Å². The molecule has 33 heavy (non-hydrogen) atoms. The van der Waals surface area contributed by atoms with Crippen molar-refractivity contribution in [3.63, 3.8) is 0 Å². The highest BCUT2D eigenvalue weighted by atomic mass is 19.1. The topological polar surface area (TPSA) is 118 Å². The highest BCUT2D eigenvalue weighted by molar-refractivity contribution is 6.16. The minimum absolute atomic E-state index is 0.0872. The number of anilines is 2. The fourth-order valence-corrected chi connectivity index (χ4v) is 5.91. The molecule has 4 aromatic rings. The van der Waals surface area contributed by atoms with Crippen molar-refractivity contribution in [3.8, 4) is 11.8 Å². The van der Waals surface area contributed by atoms with Gasteiger partial charge in [-0.05, 0) is 37.7 Å². The van der Waals surface area contributed by atoms with Gasteiger partial charge in [0.2, 0.25) is 0 Å². The van der Waals surface area contributed by atoms with E-state index in [0.29, 0.717) is 46.7 Å². The summed E-state index contributed by atoms with van der Waals surface area (Å²) in [6.45, 7) is 2.61. The first-order chi connectivity index (χ1) is 16.0. The summed E-state index contributed by atoms with van der Waals surface area (Å²) >= 11 is 0. The molecule has 6 heterocycles. The number of hydrogen-bond acceptors (Lipinski definition) is 8. The normalized spacial score (nSPS) is 25.2. The maximum Gasteiger partial charge on any atom is 0.326 e. The van der Waals surface area contributed by atoms with Gasteiger partial charge in [-0.3, -0.25) is 0 Å². The molecule has 3 fully saturated rings. The van der Waals surface area contributed by atoms with E-state index in [2.05, 4.69) is 30.2 Å². The Balaban J connectivity index is 1.48. The monoisotopic (exact) mass is 446 g/mol. The molecule has 0 spiro atoms. The molecule has 2 bridgehead atoms. The van der Waals surface area contributed by atoms with Gasteiger partial charge in [-0.25, -0.2) is 14.4 Å². The zero-order valence-electron chi connectivity index (χ0n) is 18.3. The number of aromatic nitrogens is 5. The van der Waals surface area contributed by atoms with Gasteiger partial charge >= 0.3 is 6.01 Å². The first-order valence-electron chi connectivity index (χ1n) is 11.2. The van der Waals surface area contributed by atoms with E-state index < -0.39 is 0 Å². The summed E-state index contributed by atoms with van der Waals surface area (Å²) in [5.41, 5.74) is 9.31. The van der Waals surface area contributed by atoms with Crippen LogP contribution in [0.3, 0.4) is 0 Å². The number of halogens is 1. The average molecular weight is 446 g/mol. The lowest BCUT2D eigenvalue weighted by Gasteiger charge is -2.57. The number of hydrogen-bond donors (Lipinski definition) is 3. The number of aromatic amines is 1. The van der Waals surface area contributed by atoms with Crippen LogP contribution in [0.25, 0.3) is 21.9 Å². The summed E-state index contributed by atoms with van der Waals surface area (Å²) < 4.78 is 21.3. The fraction of sp³-hybridized carbons (Fsp3) is 0.391. The van der Waals surface area contributed by atoms with Crippen molar-refractivity contribution >= 4 is 33.4 Å². The molecule has 10 heteroatoms. The third kappa shape index (κ3) is 2.55. The number of piperidine rings is 2. The van der Waals surface area contributed by atoms with E-state index in [1.165, 1.54) is 0 Å². The van der Waals surface area contributed by atoms with Crippen LogP contribution in [0.15, 0.2) is 18.5 Å². The molecule has 4 atom stereocenters. The van der Waals surface area contributed by atoms with E-state index in [4.69, 9.17) is 15.5 Å². The number of aryl methyl sites for hydroxylation is 1. The Morgan fingerprint density at radius 1 is 1.24 bits per heavy atom. The quantitative estimate of drug-likeness (QED) is 0.440. The number of nitrogens with two attached hydrogens (primary N) is 1. The highest BCUT2D eigenvalue weighted by Crippen LogP contribution is 2.50. The predicted molar refractivity (Wildman–Crippen MR) is 122 cm³/mol. The first kappa shape index (κ1) is 19.0. The molecule has 9 nitrogen and oxygen atoms in total. The van der Waals surface area contributed by atoms with Crippen LogP contribution in [0, 0.1) is 24.6 Å². The third-order valence-corrected chi connectivity index (χ3v) is 7.60. The lowest BCUT2D eigenvalue weighted by Crippen LogP contribution is -2.67. The van der Waals surface area contributed by atoms with Crippen LogP contribution in [0.1, 0.15) is 17.8 Å². The Morgan fingerprint density at radius 3 is 2.82 bits per heavy atom. The fourth-order valence-electron chi connectivity index (χ4n) is 5.91. The van der Waals surface area contributed by atoms with Crippen molar-refractivity contribution in [2.45, 2.75) is 31.8 Å². The second-order valence-electron chi connectivity index (χ2n) is 9.29. The van der Waals surface area contributed by atoms with Gasteiger partial charge in [0.15, 0.2) is 5.75 Å². The first-order valence-corrected chi connectivity index (χ1v) is 11.2. The van der Waals surface area contributed by atoms with Crippen molar-refractivity contribution in [1.29, 1.82) is 0 Å². The lowest BCUT2D eigenvalue weighted by molar-refractivity contribution is 0.0732. The Bertz CT molecular complexity index is 1430. The molecular formula is C23H23FN8O. The molecule has 1 aliphatic carbocycles. The van der Waals surface area contributed by atoms with E-state index in [0.717, 1.165) is 35.1 Å². The largest absolute Gasteiger partial charge is 0.421 e. The molecule has 0 unspecified atom stereocenters. The Labute approximate surface area is 188 Å². The van der Waals surface area contributed by atoms with Crippen molar-refractivity contribution in [1.82, 2.24) is 24.9 Å². The molecular weight excluding hydrogens is 423 g/mol. The van der Waals surface area contributed by atoms with Crippen molar-refractivity contribution in [2.24, 2.45) is 17.6 Å². The van der Waals surface area contributed by atoms with Crippen LogP contribution >= 0.6 is 0 Å². The smallest absolute Gasteiger partial charge is 0.326 e. The minimum atomic E-state index is -0.215. The van der Waals surface area contributed by atoms with E-state index in [1.807, 2.05) is 6.92 Å². The van der Waals surface area contributed by atoms with E-state index >= 15 is 4.39 Å². The summed E-state index contributed by atoms with van der Waals surface area (Å²) in [5.74, 6) is 2.40. The Hall–Kier alpha value is -3.53. The molecule has 1 saturated carbocycles. The second-order valence-corrected chi connectivity index (χ2v) is 9.29. The van der Waals surface area contributed by atoms with Gasteiger partial charge in [0.25, 0.3) is 0 Å². The standard InChI is InChI=1S/C23H23FN8O/c1-9-27-6-11(7-28-9)33-23-30-21-18-17-12(14(24)5-15(26-2)20(17)29-21)4-16-13-3-10(19(13)25)8-32(16)22(18)31-23/h5-7,10,13,16,19,26H,3-4,8,25H2,1-2H3,(H,29,30,31)/t10-,13+,16-,19-/m0/s1. The van der Waals surface area contributed by atoms with Gasteiger partial charge in [0, 0.05) is 36.6 Å². The van der Waals surface area contributed by atoms with E-state index in [1.54, 1.807) is 25.5 Å². The molecule has 3 aromatic heterocycles. The predicted octanol–water partition coefficient (Wildman–Crippen LogP) is 2.89. The van der Waals surface area contributed by atoms with Crippen molar-refractivity contribution < 1.29 is 9.13 Å². The summed E-state index contributed by atoms with van der Waals surface area (Å²) in [6, 6.07) is 2.00. The zero-order chi connectivity index (χ0) is 22.4. The molecule has 3 aliphatic heterocycles. The minimum Gasteiger partial charge on any atom is -0.421 e. The molecule has 4 N–H and O–H groups in total. The summed E-state index contributed by atoms with van der Waals surface area (Å²) in [6.07, 6.45) is 4.87. The number of ether oxygens (including phenoxy) is 1. The highest BCUT2D eigenvalue weighted by Gasteiger charge is 2.52. The lowest BCUT2D eigenvalue weighted by atomic mass is 9.62. The van der Waals surface area contributed by atoms with Crippen LogP contribution in [-0.2, 0) is 6.42 Å². The zero-order valence-corrected chi connectivity index (χ0v) is 18.3. The number of rotatable bonds is 3. The Morgan fingerprint density at radius 2 is 2.06 bits per heavy atom. The van der Waals surface area contributed by atoms with Gasteiger partial charge < -0.3 is 25.7 Å². The van der Waals surface area contributed by atoms with Crippen molar-refractivity contribution in [2.75, 3.05) is 23.8 Å². The van der Waals surface area contributed by atoms with Gasteiger partial charge in [0.1, 0.15) is 23.1 Å². The van der Waals surface area contributed by atoms with Gasteiger partial charge in [0.05, 0.1) is 29.0 Å². The molecule has 2 saturated heterocycles. The number of H-pyrrole nitrogens is 1. The molecule has 0 radical (unpaired) electrons. The maximum absolute atomic E-state index is 15.4. The third-order valence-electron chi connectivity index (χ3n) is 7.60. The maximum atomic E-state index is 15.4. The number of nitrogens with one attached hydrogen (secondary N) is 2. The van der Waals surface area contributed by atoms with Crippen LogP contribution < -0.4 is 20.7 Å². The van der Waals surface area contributed by atoms with Crippen LogP contribution in [0.4, 0.5) is 15.9 Å². The number of nitrogens with zero attached hydrogens (tertiary/aromatic N) is 5. The van der Waals surface area contributed by atoms with Gasteiger partial charge in [-0.1, -0.05) is 0 Å². The molecule has 8 rings (SSSR count). The number of benzene rings is 1.